The summed E-state index contributed by atoms with van der Waals surface area (Å²) in [5.41, 5.74) is 1.20. The van der Waals surface area contributed by atoms with Gasteiger partial charge in [-0.05, 0) is 24.5 Å². The van der Waals surface area contributed by atoms with E-state index in [4.69, 9.17) is 0 Å². The molecule has 0 spiro atoms. The molecule has 4 rings (SSSR count). The molecular formula is C19H24N4O4S. The van der Waals surface area contributed by atoms with Gasteiger partial charge >= 0.3 is 0 Å². The summed E-state index contributed by atoms with van der Waals surface area (Å²) in [4.78, 5) is 24.2. The minimum absolute atomic E-state index is 0.0933. The molecule has 2 fully saturated rings. The molecule has 1 saturated carbocycles. The number of carbonyl (C=O) groups is 1. The van der Waals surface area contributed by atoms with E-state index in [0.29, 0.717) is 16.9 Å². The van der Waals surface area contributed by atoms with Crippen molar-refractivity contribution in [1.29, 1.82) is 0 Å². The summed E-state index contributed by atoms with van der Waals surface area (Å²) in [5.74, 6) is 0.234. The lowest BCUT2D eigenvalue weighted by atomic mass is 10.0. The van der Waals surface area contributed by atoms with Gasteiger partial charge in [0.1, 0.15) is 18.0 Å². The molecule has 2 aromatic rings. The Hall–Kier alpha value is -2.55. The molecule has 1 aliphatic heterocycles. The van der Waals surface area contributed by atoms with Crippen molar-refractivity contribution in [1.82, 2.24) is 9.29 Å². The van der Waals surface area contributed by atoms with Gasteiger partial charge in [0, 0.05) is 25.0 Å². The topological polar surface area (TPSA) is 104 Å². The fourth-order valence-electron chi connectivity index (χ4n) is 4.08. The maximum absolute atomic E-state index is 12.7. The Kier molecular flexibility index (Phi) is 5.01. The summed E-state index contributed by atoms with van der Waals surface area (Å²) in [5, 5.41) is 14.3. The van der Waals surface area contributed by atoms with Crippen LogP contribution in [0.15, 0.2) is 23.0 Å². The second kappa shape index (κ2) is 7.46. The fourth-order valence-corrected chi connectivity index (χ4v) is 5.01. The number of hydrogen-bond acceptors (Lipinski definition) is 5. The zero-order chi connectivity index (χ0) is 19.8. The molecule has 9 heteroatoms. The van der Waals surface area contributed by atoms with Gasteiger partial charge in [-0.1, -0.05) is 25.7 Å². The smallest absolute Gasteiger partial charge is 0.274 e. The first-order valence-corrected chi connectivity index (χ1v) is 10.6. The van der Waals surface area contributed by atoms with Crippen molar-refractivity contribution in [3.63, 3.8) is 0 Å². The number of fused-ring (bicyclic) bond motifs is 1. The summed E-state index contributed by atoms with van der Waals surface area (Å²) >= 11 is -1.73. The first-order valence-electron chi connectivity index (χ1n) is 9.53. The van der Waals surface area contributed by atoms with Crippen LogP contribution in [0, 0.1) is 5.92 Å². The van der Waals surface area contributed by atoms with Crippen molar-refractivity contribution in [2.24, 2.45) is 13.0 Å². The molecule has 2 aliphatic rings. The van der Waals surface area contributed by atoms with Crippen LogP contribution in [-0.4, -0.2) is 32.9 Å². The number of hydrogen-bond donors (Lipinski definition) is 3. The molecule has 1 unspecified atom stereocenters. The molecule has 2 heterocycles. The Balaban J connectivity index is 1.65. The van der Waals surface area contributed by atoms with Crippen LogP contribution in [0.4, 0.5) is 11.4 Å². The number of phenols is 1. The van der Waals surface area contributed by atoms with Crippen molar-refractivity contribution in [3.8, 4) is 5.75 Å². The van der Waals surface area contributed by atoms with Gasteiger partial charge in [-0.15, -0.1) is 0 Å². The van der Waals surface area contributed by atoms with Crippen molar-refractivity contribution in [2.75, 3.05) is 22.7 Å². The van der Waals surface area contributed by atoms with Crippen molar-refractivity contribution in [2.45, 2.75) is 32.1 Å². The standard InChI is InChI=1S/C19H24N4O4S/c1-22-15-10-17(24)16(23-11-18(25)21-28(23)27)9-13(15)8-14(19(22)26)20-7-6-12-4-2-3-5-12/h8-10,12,20,24H,2-7,11H2,1H3,(H,21,25). The summed E-state index contributed by atoms with van der Waals surface area (Å²) in [7, 11) is 1.66. The number of nitrogens with zero attached hydrogens (tertiary/aromatic N) is 2. The summed E-state index contributed by atoms with van der Waals surface area (Å²) in [6, 6.07) is 4.88. The molecule has 0 bridgehead atoms. The number of aromatic hydroxyl groups is 1. The molecule has 28 heavy (non-hydrogen) atoms. The minimum Gasteiger partial charge on any atom is -0.506 e. The van der Waals surface area contributed by atoms with Gasteiger partial charge in [0.2, 0.25) is 11.2 Å². The van der Waals surface area contributed by atoms with E-state index >= 15 is 0 Å². The van der Waals surface area contributed by atoms with E-state index in [2.05, 4.69) is 10.0 Å². The lowest BCUT2D eigenvalue weighted by Crippen LogP contribution is -2.24. The molecule has 0 radical (unpaired) electrons. The van der Waals surface area contributed by atoms with Crippen LogP contribution in [0.2, 0.25) is 0 Å². The number of aromatic nitrogens is 1. The quantitative estimate of drug-likeness (QED) is 0.704. The van der Waals surface area contributed by atoms with Gasteiger partial charge < -0.3 is 15.0 Å². The Labute approximate surface area is 165 Å². The number of phenolic OH excluding ortho intramolecular Hbond substituents is 1. The number of rotatable bonds is 5. The molecule has 8 nitrogen and oxygen atoms in total. The van der Waals surface area contributed by atoms with Crippen LogP contribution >= 0.6 is 0 Å². The Morgan fingerprint density at radius 1 is 1.25 bits per heavy atom. The van der Waals surface area contributed by atoms with Gasteiger partial charge in [-0.25, -0.2) is 4.21 Å². The molecule has 1 aliphatic carbocycles. The number of aryl methyl sites for hydroxylation is 1. The van der Waals surface area contributed by atoms with E-state index in [0.717, 1.165) is 24.3 Å². The lowest BCUT2D eigenvalue weighted by molar-refractivity contribution is -0.117. The SMILES string of the molecule is Cn1c(=O)c(NCCC2CCCC2)cc2cc(N3CC(=O)NS3=O)c(O)cc21. The van der Waals surface area contributed by atoms with Crippen LogP contribution in [-0.2, 0) is 23.0 Å². The third-order valence-corrected chi connectivity index (χ3v) is 6.75. The molecule has 1 aromatic carbocycles. The van der Waals surface area contributed by atoms with Gasteiger partial charge in [0.05, 0.1) is 11.2 Å². The molecule has 1 amide bonds. The first kappa shape index (κ1) is 18.8. The van der Waals surface area contributed by atoms with Crippen LogP contribution in [0.3, 0.4) is 0 Å². The van der Waals surface area contributed by atoms with Crippen LogP contribution in [0.5, 0.6) is 5.75 Å². The van der Waals surface area contributed by atoms with Gasteiger partial charge in [0.15, 0.2) is 0 Å². The highest BCUT2D eigenvalue weighted by atomic mass is 32.2. The number of benzene rings is 1. The average molecular weight is 404 g/mol. The molecule has 150 valence electrons. The zero-order valence-corrected chi connectivity index (χ0v) is 16.6. The predicted octanol–water partition coefficient (Wildman–Crippen LogP) is 1.75. The average Bonchev–Trinajstić information content (AvgIpc) is 3.29. The fraction of sp³-hybridized carbons (Fsp3) is 0.474. The highest BCUT2D eigenvalue weighted by Gasteiger charge is 2.29. The Morgan fingerprint density at radius 3 is 2.68 bits per heavy atom. The highest BCUT2D eigenvalue weighted by molar-refractivity contribution is 7.85. The second-order valence-electron chi connectivity index (χ2n) is 7.50. The van der Waals surface area contributed by atoms with Gasteiger partial charge in [0.25, 0.3) is 11.5 Å². The monoisotopic (exact) mass is 404 g/mol. The molecule has 3 N–H and O–H groups in total. The number of nitrogens with one attached hydrogen (secondary N) is 2. The lowest BCUT2D eigenvalue weighted by Gasteiger charge is -2.18. The molecule has 1 saturated heterocycles. The van der Waals surface area contributed by atoms with Crippen molar-refractivity contribution in [3.05, 3.63) is 28.6 Å². The minimum atomic E-state index is -1.73. The summed E-state index contributed by atoms with van der Waals surface area (Å²) < 4.78 is 17.2. The van der Waals surface area contributed by atoms with Gasteiger partial charge in [-0.3, -0.25) is 18.6 Å². The van der Waals surface area contributed by atoms with E-state index in [9.17, 15) is 18.9 Å². The van der Waals surface area contributed by atoms with Crippen molar-refractivity contribution >= 4 is 39.4 Å². The molecular weight excluding hydrogens is 380 g/mol. The summed E-state index contributed by atoms with van der Waals surface area (Å²) in [6.07, 6.45) is 6.16. The normalized spacial score (nSPS) is 20.1. The molecule has 1 aromatic heterocycles. The maximum atomic E-state index is 12.7. The van der Waals surface area contributed by atoms with Crippen LogP contribution in [0.25, 0.3) is 10.9 Å². The van der Waals surface area contributed by atoms with Crippen LogP contribution in [0.1, 0.15) is 32.1 Å². The summed E-state index contributed by atoms with van der Waals surface area (Å²) in [6.45, 7) is 0.648. The Morgan fingerprint density at radius 2 is 2.00 bits per heavy atom. The maximum Gasteiger partial charge on any atom is 0.274 e. The number of carbonyl (C=O) groups excluding carboxylic acids is 1. The van der Waals surface area contributed by atoms with E-state index in [1.165, 1.54) is 40.6 Å². The van der Waals surface area contributed by atoms with E-state index in [-0.39, 0.29) is 23.8 Å². The van der Waals surface area contributed by atoms with E-state index in [1.54, 1.807) is 19.2 Å². The van der Waals surface area contributed by atoms with Gasteiger partial charge in [-0.2, -0.15) is 0 Å². The van der Waals surface area contributed by atoms with E-state index < -0.39 is 11.2 Å². The largest absolute Gasteiger partial charge is 0.506 e. The third kappa shape index (κ3) is 3.46. The Bertz CT molecular complexity index is 1010. The highest BCUT2D eigenvalue weighted by Crippen LogP contribution is 2.34. The van der Waals surface area contributed by atoms with Crippen molar-refractivity contribution < 1.29 is 14.1 Å². The second-order valence-corrected chi connectivity index (χ2v) is 8.64. The third-order valence-electron chi connectivity index (χ3n) is 5.62. The van der Waals surface area contributed by atoms with Crippen LogP contribution < -0.4 is 19.9 Å². The zero-order valence-electron chi connectivity index (χ0n) is 15.7. The molecule has 1 atom stereocenters. The number of amides is 1. The predicted molar refractivity (Wildman–Crippen MR) is 110 cm³/mol. The first-order chi connectivity index (χ1) is 13.4. The number of anilines is 2. The number of pyridine rings is 1. The van der Waals surface area contributed by atoms with E-state index in [1.807, 2.05) is 0 Å².